The first-order chi connectivity index (χ1) is 45.0. The number of carbonyl (C=O) groups is 1. The van der Waals surface area contributed by atoms with Gasteiger partial charge in [-0.15, -0.1) is 0 Å². The molecule has 13 unspecified atom stereocenters. The maximum Gasteiger partial charge on any atom is 0.407 e. The minimum Gasteiger partial charge on any atom is -0.453 e. The number of aliphatic imine (C=N–C) groups is 5. The summed E-state index contributed by atoms with van der Waals surface area (Å²) in [5.41, 5.74) is -9.16. The number of methoxy groups -OCH3 is 1. The molecule has 1 amide bonds. The third kappa shape index (κ3) is 20.3. The van der Waals surface area contributed by atoms with E-state index in [1.807, 2.05) is 48.5 Å². The lowest BCUT2D eigenvalue weighted by Gasteiger charge is -2.47. The molecule has 0 radical (unpaired) electrons. The van der Waals surface area contributed by atoms with Crippen LogP contribution < -0.4 is 39.5 Å². The molecule has 25 heteroatoms. The van der Waals surface area contributed by atoms with Crippen molar-refractivity contribution in [3.05, 3.63) is 69.8 Å². The number of aromatic nitrogens is 6. The SMILES string of the molecule is C.COC(=O)NC1CC(C)(C)CC(C)(Cn2c(=O)n(CC3(C)CC(N=C=O)CC(C)(C)C3)c(=O)n(CC3(C)CC(N=C=O)CC(C)(C)C3)c2=O)C1.[CH2+]C1(C)CC(N=C=O)CC(C)(Cn2c(=O)n(CC3(C)CC(N=C=O)CC(C)(C)C3)c(=O)n(CC3(C)CC(N=C=O)CC(C)(C)C3)c2=O)C1. The van der Waals surface area contributed by atoms with E-state index in [4.69, 9.17) is 4.74 Å². The molecule has 0 spiro atoms. The number of amides is 1. The Kier molecular flexibility index (Phi) is 24.0. The van der Waals surface area contributed by atoms with Crippen LogP contribution in [0.4, 0.5) is 4.79 Å². The van der Waals surface area contributed by atoms with E-state index in [0.717, 1.165) is 0 Å². The van der Waals surface area contributed by atoms with Crippen molar-refractivity contribution in [1.29, 1.82) is 0 Å². The van der Waals surface area contributed by atoms with Crippen LogP contribution in [0.3, 0.4) is 0 Å². The highest BCUT2D eigenvalue weighted by molar-refractivity contribution is 5.67. The second kappa shape index (κ2) is 29.4. The molecule has 99 heavy (non-hydrogen) atoms. The molecule has 2 aromatic heterocycles. The van der Waals surface area contributed by atoms with Crippen molar-refractivity contribution >= 4 is 36.5 Å². The monoisotopic (exact) mass is 1380 g/mol. The van der Waals surface area contributed by atoms with Gasteiger partial charge in [0.1, 0.15) is 5.41 Å². The first kappa shape index (κ1) is 80.8. The predicted molar refractivity (Wildman–Crippen MR) is 378 cm³/mol. The number of carbonyl (C=O) groups excluding carboxylic acids is 6. The lowest BCUT2D eigenvalue weighted by molar-refractivity contribution is 0.0461. The van der Waals surface area contributed by atoms with Gasteiger partial charge < -0.3 is 10.1 Å². The maximum absolute atomic E-state index is 14.5. The summed E-state index contributed by atoms with van der Waals surface area (Å²) in [5.74, 6) is 0. The van der Waals surface area contributed by atoms with Crippen molar-refractivity contribution in [2.45, 2.75) is 316 Å². The highest BCUT2D eigenvalue weighted by Gasteiger charge is 2.51. The molecule has 0 bridgehead atoms. The second-order valence-corrected chi connectivity index (χ2v) is 37.9. The van der Waals surface area contributed by atoms with Crippen molar-refractivity contribution in [2.24, 2.45) is 89.9 Å². The number of rotatable bonds is 18. The van der Waals surface area contributed by atoms with E-state index >= 15 is 0 Å². The van der Waals surface area contributed by atoms with E-state index in [2.05, 4.69) is 106 Å². The predicted octanol–water partition coefficient (Wildman–Crippen LogP) is 10.3. The third-order valence-corrected chi connectivity index (χ3v) is 22.1. The number of nitrogens with zero attached hydrogens (tertiary/aromatic N) is 11. The van der Waals surface area contributed by atoms with Crippen molar-refractivity contribution in [2.75, 3.05) is 7.11 Å². The Labute approximate surface area is 583 Å². The van der Waals surface area contributed by atoms with Gasteiger partial charge in [-0.25, -0.2) is 110 Å². The molecule has 0 saturated heterocycles. The summed E-state index contributed by atoms with van der Waals surface area (Å²) in [4.78, 5) is 176. The molecular formula is C74H115N12O13+. The Morgan fingerprint density at radius 1 is 0.364 bits per heavy atom. The zero-order valence-corrected chi connectivity index (χ0v) is 61.9. The van der Waals surface area contributed by atoms with Gasteiger partial charge in [0.2, 0.25) is 30.4 Å². The summed E-state index contributed by atoms with van der Waals surface area (Å²) >= 11 is 0. The second-order valence-electron chi connectivity index (χ2n) is 37.9. The van der Waals surface area contributed by atoms with E-state index in [1.165, 1.54) is 34.5 Å². The quantitative estimate of drug-likeness (QED) is 0.0825. The van der Waals surface area contributed by atoms with Crippen LogP contribution >= 0.6 is 0 Å². The molecular weight excluding hydrogens is 1260 g/mol. The first-order valence-corrected chi connectivity index (χ1v) is 34.9. The molecule has 548 valence electrons. The summed E-state index contributed by atoms with van der Waals surface area (Å²) in [6.07, 6.45) is 18.8. The summed E-state index contributed by atoms with van der Waals surface area (Å²) in [6, 6.07) is -1.80. The van der Waals surface area contributed by atoms with Crippen LogP contribution in [0.25, 0.3) is 0 Å². The van der Waals surface area contributed by atoms with Gasteiger partial charge in [0, 0.05) is 58.2 Å². The molecule has 0 aliphatic heterocycles. The van der Waals surface area contributed by atoms with Gasteiger partial charge in [-0.3, -0.25) is 0 Å². The van der Waals surface area contributed by atoms with Gasteiger partial charge in [0.15, 0.2) is 0 Å². The van der Waals surface area contributed by atoms with Crippen molar-refractivity contribution in [3.63, 3.8) is 0 Å². The Morgan fingerprint density at radius 2 is 0.566 bits per heavy atom. The third-order valence-electron chi connectivity index (χ3n) is 22.1. The Hall–Kier alpha value is -7.14. The van der Waals surface area contributed by atoms with E-state index in [9.17, 15) is 57.5 Å². The topological polar surface area (TPSA) is 317 Å². The summed E-state index contributed by atoms with van der Waals surface area (Å²) in [5, 5.41) is 2.93. The fraction of sp³-hybridized carbons (Fsp3) is 0.824. The molecule has 2 heterocycles. The van der Waals surface area contributed by atoms with Gasteiger partial charge >= 0.3 is 40.2 Å². The highest BCUT2D eigenvalue weighted by atomic mass is 16.5. The lowest BCUT2D eigenvalue weighted by Crippen LogP contribution is -2.59. The van der Waals surface area contributed by atoms with Crippen LogP contribution in [0.2, 0.25) is 0 Å². The van der Waals surface area contributed by atoms with Crippen molar-refractivity contribution in [3.8, 4) is 0 Å². The number of ether oxygens (including phenoxy) is 1. The molecule has 6 aliphatic carbocycles. The largest absolute Gasteiger partial charge is 0.453 e. The van der Waals surface area contributed by atoms with E-state index in [-0.39, 0.29) is 110 Å². The van der Waals surface area contributed by atoms with E-state index in [0.29, 0.717) is 116 Å². The van der Waals surface area contributed by atoms with Gasteiger partial charge in [-0.2, -0.15) is 0 Å². The number of alkyl carbamates (subject to hydrolysis) is 1. The van der Waals surface area contributed by atoms with E-state index in [1.54, 1.807) is 30.4 Å². The molecule has 8 rings (SSSR count). The molecule has 6 saturated carbocycles. The first-order valence-electron chi connectivity index (χ1n) is 34.9. The van der Waals surface area contributed by atoms with Gasteiger partial charge in [-0.1, -0.05) is 118 Å². The molecule has 6 aliphatic rings. The number of hydrogen-bond acceptors (Lipinski definition) is 18. The fourth-order valence-electron chi connectivity index (χ4n) is 21.7. The molecule has 0 aromatic carbocycles. The minimum atomic E-state index is -0.688. The minimum absolute atomic E-state index is 0. The molecule has 1 N–H and O–H groups in total. The molecule has 25 nitrogen and oxygen atoms in total. The van der Waals surface area contributed by atoms with Crippen LogP contribution in [-0.2, 0) is 68.0 Å². The standard InChI is InChI=1S/C37H58N6O7.C36H53N6O6.CH4/c1-32(2)11-25(38-23-44)14-35(7,17-32)20-41-29(47)42(21-36(8)15-26(39-24-45)12-33(3,4)18-36)31(49)43(30(41)48)22-37(9)16-27(40-28(46)50-10)13-34(5,6)19-37;1-31(2)10-25(37-22-43)13-34(7,16-31)19-40-28(46)41(20-35(8)14-26(38-23-44)11-32(3,4)17-35)30(48)42(29(40)47)21-36(9)15-27(39-24-45)12-33(5,6)18-36;/h25-27H,11-22H2,1-10H3,(H,40,46);25-27H,1,10-21H2,2-9H3;1H4/q;+1;. The van der Waals surface area contributed by atoms with Gasteiger partial charge in [-0.05, 0) is 169 Å². The Balaban J connectivity index is 0.000000309. The zero-order valence-electron chi connectivity index (χ0n) is 61.9. The van der Waals surface area contributed by atoms with Crippen LogP contribution in [0.5, 0.6) is 0 Å². The molecule has 13 atom stereocenters. The Morgan fingerprint density at radius 3 is 0.788 bits per heavy atom. The van der Waals surface area contributed by atoms with Gasteiger partial charge in [0.25, 0.3) is 0 Å². The van der Waals surface area contributed by atoms with Crippen LogP contribution in [-0.4, -0.2) is 107 Å². The van der Waals surface area contributed by atoms with Crippen LogP contribution in [0.15, 0.2) is 53.7 Å². The number of nitrogens with one attached hydrogen (secondary N) is 1. The van der Waals surface area contributed by atoms with Crippen LogP contribution in [0, 0.1) is 71.9 Å². The van der Waals surface area contributed by atoms with Crippen molar-refractivity contribution < 1.29 is 33.5 Å². The summed E-state index contributed by atoms with van der Waals surface area (Å²) in [6.45, 7) is 39.5. The molecule has 6 fully saturated rings. The Bertz CT molecular complexity index is 3660. The van der Waals surface area contributed by atoms with Crippen LogP contribution in [0.1, 0.15) is 241 Å². The highest BCUT2D eigenvalue weighted by Crippen LogP contribution is 2.53. The van der Waals surface area contributed by atoms with Crippen molar-refractivity contribution in [1.82, 2.24) is 32.7 Å². The number of hydrogen-bond donors (Lipinski definition) is 1. The summed E-state index contributed by atoms with van der Waals surface area (Å²) in [7, 11) is 1.32. The smallest absolute Gasteiger partial charge is 0.407 e. The van der Waals surface area contributed by atoms with Gasteiger partial charge in [0.05, 0.1) is 44.2 Å². The lowest BCUT2D eigenvalue weighted by atomic mass is 9.62. The average Bonchev–Trinajstić information content (AvgIpc) is 0.878. The molecule has 2 aromatic rings. The average molecular weight is 1380 g/mol. The van der Waals surface area contributed by atoms with E-state index < -0.39 is 78.1 Å². The number of isocyanates is 5. The fourth-order valence-corrected chi connectivity index (χ4v) is 21.7. The maximum atomic E-state index is 14.5. The zero-order chi connectivity index (χ0) is 73.4. The normalized spacial score (nSPS) is 34.0. The summed E-state index contributed by atoms with van der Waals surface area (Å²) < 4.78 is 12.1.